The molecule has 1 aromatic heterocycles. The van der Waals surface area contributed by atoms with Crippen molar-refractivity contribution >= 4 is 35.2 Å². The van der Waals surface area contributed by atoms with Crippen LogP contribution in [-0.4, -0.2) is 45.4 Å². The number of ether oxygens (including phenoxy) is 1. The molecule has 1 atom stereocenters. The number of anilines is 1. The SMILES string of the molecule is C=CCn1c(SCC(=O)Nc2cccc(C(=O)OC)c2)nnc1[C@H](NC(=O)c1cccc(C)c1)C(C)C. The number of carbonyl (C=O) groups is 3. The second kappa shape index (κ2) is 12.9. The topological polar surface area (TPSA) is 115 Å². The van der Waals surface area contributed by atoms with Crippen molar-refractivity contribution in [3.05, 3.63) is 83.7 Å². The number of aryl methyl sites for hydroxylation is 1. The van der Waals surface area contributed by atoms with Gasteiger partial charge in [-0.1, -0.05) is 55.4 Å². The molecule has 0 saturated heterocycles. The quantitative estimate of drug-likeness (QED) is 0.218. The van der Waals surface area contributed by atoms with Crippen LogP contribution in [0.2, 0.25) is 0 Å². The Kier molecular flexibility index (Phi) is 9.62. The number of hydrogen-bond donors (Lipinski definition) is 2. The van der Waals surface area contributed by atoms with Crippen LogP contribution in [0.4, 0.5) is 5.69 Å². The molecule has 2 amide bonds. The number of aromatic nitrogens is 3. The van der Waals surface area contributed by atoms with E-state index in [1.165, 1.54) is 18.9 Å². The first-order chi connectivity index (χ1) is 17.7. The van der Waals surface area contributed by atoms with E-state index in [-0.39, 0.29) is 23.5 Å². The van der Waals surface area contributed by atoms with E-state index in [9.17, 15) is 14.4 Å². The van der Waals surface area contributed by atoms with Gasteiger partial charge in [-0.3, -0.25) is 9.59 Å². The molecule has 0 bridgehead atoms. The van der Waals surface area contributed by atoms with E-state index in [4.69, 9.17) is 4.74 Å². The zero-order chi connectivity index (χ0) is 26.9. The average Bonchev–Trinajstić information content (AvgIpc) is 3.27. The van der Waals surface area contributed by atoms with Gasteiger partial charge < -0.3 is 19.9 Å². The van der Waals surface area contributed by atoms with Crippen molar-refractivity contribution in [2.24, 2.45) is 5.92 Å². The first-order valence-electron chi connectivity index (χ1n) is 11.8. The Morgan fingerprint density at radius 2 is 1.84 bits per heavy atom. The second-order valence-corrected chi connectivity index (χ2v) is 9.66. The van der Waals surface area contributed by atoms with Crippen LogP contribution < -0.4 is 10.6 Å². The molecular formula is C27H31N5O4S. The molecule has 2 N–H and O–H groups in total. The maximum Gasteiger partial charge on any atom is 0.337 e. The monoisotopic (exact) mass is 521 g/mol. The second-order valence-electron chi connectivity index (χ2n) is 8.71. The molecule has 3 rings (SSSR count). The van der Waals surface area contributed by atoms with Gasteiger partial charge in [-0.05, 0) is 43.2 Å². The molecule has 0 aliphatic carbocycles. The number of amides is 2. The first-order valence-corrected chi connectivity index (χ1v) is 12.7. The Balaban J connectivity index is 1.73. The summed E-state index contributed by atoms with van der Waals surface area (Å²) < 4.78 is 6.57. The average molecular weight is 522 g/mol. The van der Waals surface area contributed by atoms with Gasteiger partial charge in [0.1, 0.15) is 0 Å². The van der Waals surface area contributed by atoms with Gasteiger partial charge in [0.2, 0.25) is 5.91 Å². The van der Waals surface area contributed by atoms with Gasteiger partial charge >= 0.3 is 5.97 Å². The molecule has 0 aliphatic rings. The third-order valence-corrected chi connectivity index (χ3v) is 6.44. The van der Waals surface area contributed by atoms with Crippen LogP contribution in [0.1, 0.15) is 52.0 Å². The highest BCUT2D eigenvalue weighted by molar-refractivity contribution is 7.99. The number of rotatable bonds is 11. The van der Waals surface area contributed by atoms with Crippen molar-refractivity contribution in [1.29, 1.82) is 0 Å². The summed E-state index contributed by atoms with van der Waals surface area (Å²) in [7, 11) is 1.30. The maximum absolute atomic E-state index is 13.0. The van der Waals surface area contributed by atoms with Crippen LogP contribution in [-0.2, 0) is 16.1 Å². The lowest BCUT2D eigenvalue weighted by Crippen LogP contribution is -2.34. The Bertz CT molecular complexity index is 1290. The summed E-state index contributed by atoms with van der Waals surface area (Å²) in [6.07, 6.45) is 1.72. The van der Waals surface area contributed by atoms with E-state index in [0.717, 1.165) is 5.56 Å². The fraction of sp³-hybridized carbons (Fsp3) is 0.296. The van der Waals surface area contributed by atoms with Gasteiger partial charge in [0, 0.05) is 17.8 Å². The highest BCUT2D eigenvalue weighted by Crippen LogP contribution is 2.26. The largest absolute Gasteiger partial charge is 0.465 e. The van der Waals surface area contributed by atoms with Gasteiger partial charge in [0.05, 0.1) is 24.5 Å². The van der Waals surface area contributed by atoms with E-state index in [1.54, 1.807) is 36.4 Å². The molecule has 194 valence electrons. The molecule has 3 aromatic rings. The lowest BCUT2D eigenvalue weighted by Gasteiger charge is -2.22. The van der Waals surface area contributed by atoms with E-state index < -0.39 is 12.0 Å². The third-order valence-electron chi connectivity index (χ3n) is 5.47. The summed E-state index contributed by atoms with van der Waals surface area (Å²) in [5, 5.41) is 15.1. The minimum atomic E-state index is -0.482. The first kappa shape index (κ1) is 27.7. The molecule has 10 heteroatoms. The van der Waals surface area contributed by atoms with Crippen LogP contribution in [0.5, 0.6) is 0 Å². The molecule has 0 unspecified atom stereocenters. The highest BCUT2D eigenvalue weighted by Gasteiger charge is 2.26. The van der Waals surface area contributed by atoms with Crippen LogP contribution in [0, 0.1) is 12.8 Å². The molecule has 0 fully saturated rings. The minimum absolute atomic E-state index is 0.0322. The highest BCUT2D eigenvalue weighted by atomic mass is 32.2. The maximum atomic E-state index is 13.0. The lowest BCUT2D eigenvalue weighted by molar-refractivity contribution is -0.113. The molecule has 0 saturated carbocycles. The summed E-state index contributed by atoms with van der Waals surface area (Å²) in [6.45, 7) is 10.2. The Hall–Kier alpha value is -3.92. The molecule has 1 heterocycles. The van der Waals surface area contributed by atoms with Crippen molar-refractivity contribution in [2.75, 3.05) is 18.2 Å². The molecular weight excluding hydrogens is 490 g/mol. The summed E-state index contributed by atoms with van der Waals surface area (Å²) in [4.78, 5) is 37.3. The molecule has 0 aliphatic heterocycles. The summed E-state index contributed by atoms with van der Waals surface area (Å²) >= 11 is 1.22. The summed E-state index contributed by atoms with van der Waals surface area (Å²) in [5.74, 6) is -0.257. The number of hydrogen-bond acceptors (Lipinski definition) is 7. The van der Waals surface area contributed by atoms with Crippen molar-refractivity contribution in [2.45, 2.75) is 38.5 Å². The van der Waals surface area contributed by atoms with E-state index in [1.807, 2.05) is 43.5 Å². The van der Waals surface area contributed by atoms with Crippen LogP contribution in [0.25, 0.3) is 0 Å². The van der Waals surface area contributed by atoms with Crippen molar-refractivity contribution in [3.8, 4) is 0 Å². The molecule has 37 heavy (non-hydrogen) atoms. The van der Waals surface area contributed by atoms with E-state index >= 15 is 0 Å². The standard InChI is InChI=1S/C27H31N5O4S/c1-6-13-32-24(23(17(2)3)29-25(34)19-10-7-9-18(4)14-19)30-31-27(32)37-16-22(33)28-21-12-8-11-20(15-21)26(35)36-5/h6-12,14-15,17,23H,1,13,16H2,2-5H3,(H,28,33)(H,29,34)/t23-/m1/s1. The Morgan fingerprint density at radius 1 is 1.11 bits per heavy atom. The fourth-order valence-corrected chi connectivity index (χ4v) is 4.40. The number of carbonyl (C=O) groups excluding carboxylic acids is 3. The van der Waals surface area contributed by atoms with Crippen LogP contribution in [0.15, 0.2) is 66.3 Å². The van der Waals surface area contributed by atoms with Crippen LogP contribution in [0.3, 0.4) is 0 Å². The van der Waals surface area contributed by atoms with Gasteiger partial charge in [-0.2, -0.15) is 0 Å². The van der Waals surface area contributed by atoms with E-state index in [2.05, 4.69) is 27.4 Å². The zero-order valence-electron chi connectivity index (χ0n) is 21.4. The fourth-order valence-electron chi connectivity index (χ4n) is 3.65. The lowest BCUT2D eigenvalue weighted by atomic mass is 10.0. The summed E-state index contributed by atoms with van der Waals surface area (Å²) in [5.41, 5.74) is 2.40. The number of benzene rings is 2. The smallest absolute Gasteiger partial charge is 0.337 e. The minimum Gasteiger partial charge on any atom is -0.465 e. The number of nitrogens with one attached hydrogen (secondary N) is 2. The van der Waals surface area contributed by atoms with Crippen molar-refractivity contribution < 1.29 is 19.1 Å². The summed E-state index contributed by atoms with van der Waals surface area (Å²) in [6, 6.07) is 13.5. The third kappa shape index (κ3) is 7.29. The number of methoxy groups -OCH3 is 1. The van der Waals surface area contributed by atoms with Crippen molar-refractivity contribution in [3.63, 3.8) is 0 Å². The predicted molar refractivity (Wildman–Crippen MR) is 144 cm³/mol. The number of esters is 1. The Labute approximate surface area is 220 Å². The number of nitrogens with zero attached hydrogens (tertiary/aromatic N) is 3. The molecule has 2 aromatic carbocycles. The van der Waals surface area contributed by atoms with Crippen LogP contribution >= 0.6 is 11.8 Å². The van der Waals surface area contributed by atoms with Gasteiger partial charge in [-0.25, -0.2) is 4.79 Å². The predicted octanol–water partition coefficient (Wildman–Crippen LogP) is 4.42. The van der Waals surface area contributed by atoms with Gasteiger partial charge in [0.15, 0.2) is 11.0 Å². The Morgan fingerprint density at radius 3 is 2.51 bits per heavy atom. The normalized spacial score (nSPS) is 11.6. The molecule has 0 spiro atoms. The van der Waals surface area contributed by atoms with Gasteiger partial charge in [0.25, 0.3) is 5.91 Å². The zero-order valence-corrected chi connectivity index (χ0v) is 22.2. The number of thioether (sulfide) groups is 1. The van der Waals surface area contributed by atoms with E-state index in [0.29, 0.717) is 34.3 Å². The molecule has 9 nitrogen and oxygen atoms in total. The van der Waals surface area contributed by atoms with Gasteiger partial charge in [-0.15, -0.1) is 16.8 Å². The van der Waals surface area contributed by atoms with Crippen molar-refractivity contribution in [1.82, 2.24) is 20.1 Å². The molecule has 0 radical (unpaired) electrons. The number of allylic oxidation sites excluding steroid dienone is 1.